The van der Waals surface area contributed by atoms with E-state index in [2.05, 4.69) is 93.3 Å². The van der Waals surface area contributed by atoms with Crippen molar-refractivity contribution >= 4 is 31.9 Å². The molecule has 0 radical (unpaired) electrons. The summed E-state index contributed by atoms with van der Waals surface area (Å²) in [4.78, 5) is 2.47. The van der Waals surface area contributed by atoms with Gasteiger partial charge in [-0.15, -0.1) is 0 Å². The molecule has 0 aliphatic carbocycles. The molecule has 122 valence electrons. The SMILES string of the molecule is CN(C)CCC(Br)C1(Br)c2ccccc2COc2ccccc21. The Balaban J connectivity index is 2.12. The summed E-state index contributed by atoms with van der Waals surface area (Å²) in [5.74, 6) is 0.954. The Kier molecular flexibility index (Phi) is 5.14. The first kappa shape index (κ1) is 17.0. The number of ether oxygens (including phenoxy) is 1. The molecule has 1 aliphatic heterocycles. The zero-order valence-electron chi connectivity index (χ0n) is 13.4. The summed E-state index contributed by atoms with van der Waals surface area (Å²) in [5.41, 5.74) is 3.70. The summed E-state index contributed by atoms with van der Waals surface area (Å²) < 4.78 is 5.79. The number of fused-ring (bicyclic) bond motifs is 2. The predicted molar refractivity (Wildman–Crippen MR) is 103 cm³/mol. The van der Waals surface area contributed by atoms with E-state index in [1.807, 2.05) is 6.07 Å². The highest BCUT2D eigenvalue weighted by Gasteiger charge is 2.43. The zero-order valence-corrected chi connectivity index (χ0v) is 16.6. The van der Waals surface area contributed by atoms with Gasteiger partial charge in [0, 0.05) is 10.4 Å². The third kappa shape index (κ3) is 3.21. The quantitative estimate of drug-likeness (QED) is 0.627. The smallest absolute Gasteiger partial charge is 0.124 e. The minimum absolute atomic E-state index is 0.251. The minimum atomic E-state index is -0.299. The maximum atomic E-state index is 6.08. The van der Waals surface area contributed by atoms with Crippen LogP contribution in [0.2, 0.25) is 0 Å². The molecule has 2 aromatic rings. The highest BCUT2D eigenvalue weighted by molar-refractivity contribution is 9.12. The Morgan fingerprint density at radius 3 is 2.48 bits per heavy atom. The van der Waals surface area contributed by atoms with Crippen LogP contribution in [0.1, 0.15) is 23.1 Å². The Bertz CT molecular complexity index is 639. The van der Waals surface area contributed by atoms with Crippen molar-refractivity contribution in [3.63, 3.8) is 0 Å². The second-order valence-corrected chi connectivity index (χ2v) is 8.57. The van der Waals surface area contributed by atoms with E-state index in [4.69, 9.17) is 4.74 Å². The fourth-order valence-corrected chi connectivity index (χ4v) is 4.74. The number of hydrogen-bond acceptors (Lipinski definition) is 2. The van der Waals surface area contributed by atoms with Crippen LogP contribution in [0.15, 0.2) is 48.5 Å². The number of hydrogen-bond donors (Lipinski definition) is 0. The molecule has 0 N–H and O–H groups in total. The molecule has 23 heavy (non-hydrogen) atoms. The number of halogens is 2. The summed E-state index contributed by atoms with van der Waals surface area (Å²) in [6.45, 7) is 1.63. The summed E-state index contributed by atoms with van der Waals surface area (Å²) in [6.07, 6.45) is 1.03. The normalized spacial score (nSPS) is 21.1. The van der Waals surface area contributed by atoms with Gasteiger partial charge < -0.3 is 9.64 Å². The molecule has 0 saturated carbocycles. The summed E-state index contributed by atoms with van der Waals surface area (Å²) in [7, 11) is 4.22. The second kappa shape index (κ2) is 6.96. The third-order valence-corrected chi connectivity index (χ3v) is 7.50. The molecule has 0 amide bonds. The molecule has 2 unspecified atom stereocenters. The fraction of sp³-hybridized carbons (Fsp3) is 0.368. The van der Waals surface area contributed by atoms with Crippen LogP contribution in [-0.4, -0.2) is 30.4 Å². The summed E-state index contributed by atoms with van der Waals surface area (Å²) in [5, 5.41) is 0. The molecule has 2 nitrogen and oxygen atoms in total. The van der Waals surface area contributed by atoms with E-state index >= 15 is 0 Å². The molecular formula is C19H21Br2NO. The minimum Gasteiger partial charge on any atom is -0.489 e. The highest BCUT2D eigenvalue weighted by Crippen LogP contribution is 2.51. The molecule has 1 aliphatic rings. The molecule has 2 atom stereocenters. The van der Waals surface area contributed by atoms with Crippen molar-refractivity contribution < 1.29 is 4.74 Å². The van der Waals surface area contributed by atoms with Crippen molar-refractivity contribution in [2.75, 3.05) is 20.6 Å². The standard InChI is InChI=1S/C19H21Br2NO/c1-22(2)12-11-18(20)19(21)15-8-4-3-7-14(15)13-23-17-10-6-5-9-16(17)19/h3-10,18H,11-13H2,1-2H3. The first-order valence-electron chi connectivity index (χ1n) is 7.82. The van der Waals surface area contributed by atoms with E-state index in [1.165, 1.54) is 16.7 Å². The Morgan fingerprint density at radius 2 is 1.74 bits per heavy atom. The van der Waals surface area contributed by atoms with E-state index < -0.39 is 0 Å². The molecule has 0 aromatic heterocycles. The van der Waals surface area contributed by atoms with Crippen molar-refractivity contribution in [3.8, 4) is 5.75 Å². The van der Waals surface area contributed by atoms with E-state index in [0.29, 0.717) is 6.61 Å². The van der Waals surface area contributed by atoms with Crippen LogP contribution in [-0.2, 0) is 10.9 Å². The second-order valence-electron chi connectivity index (χ2n) is 6.21. The first-order valence-corrected chi connectivity index (χ1v) is 9.52. The molecule has 0 bridgehead atoms. The van der Waals surface area contributed by atoms with Gasteiger partial charge in [0.15, 0.2) is 0 Å². The van der Waals surface area contributed by atoms with Crippen LogP contribution >= 0.6 is 31.9 Å². The van der Waals surface area contributed by atoms with Gasteiger partial charge in [0.1, 0.15) is 12.4 Å². The molecule has 0 fully saturated rings. The lowest BCUT2D eigenvalue weighted by molar-refractivity contribution is 0.306. The fourth-order valence-electron chi connectivity index (χ4n) is 3.10. The van der Waals surface area contributed by atoms with Crippen LogP contribution in [0, 0.1) is 0 Å². The maximum Gasteiger partial charge on any atom is 0.124 e. The molecular weight excluding hydrogens is 418 g/mol. The average molecular weight is 439 g/mol. The largest absolute Gasteiger partial charge is 0.489 e. The number of alkyl halides is 2. The lowest BCUT2D eigenvalue weighted by atomic mass is 9.84. The van der Waals surface area contributed by atoms with Gasteiger partial charge in [0.25, 0.3) is 0 Å². The Labute approximate surface area is 155 Å². The lowest BCUT2D eigenvalue weighted by Crippen LogP contribution is -2.33. The number of nitrogens with zero attached hydrogens (tertiary/aromatic N) is 1. The van der Waals surface area contributed by atoms with E-state index in [1.54, 1.807) is 0 Å². The van der Waals surface area contributed by atoms with Crippen LogP contribution in [0.4, 0.5) is 0 Å². The van der Waals surface area contributed by atoms with Gasteiger partial charge >= 0.3 is 0 Å². The van der Waals surface area contributed by atoms with E-state index in [-0.39, 0.29) is 9.15 Å². The predicted octanol–water partition coefficient (Wildman–Crippen LogP) is 4.93. The van der Waals surface area contributed by atoms with Crippen molar-refractivity contribution in [1.82, 2.24) is 4.90 Å². The first-order chi connectivity index (χ1) is 11.0. The van der Waals surface area contributed by atoms with Gasteiger partial charge in [-0.2, -0.15) is 0 Å². The molecule has 4 heteroatoms. The molecule has 1 heterocycles. The number of rotatable bonds is 4. The highest BCUT2D eigenvalue weighted by atomic mass is 79.9. The van der Waals surface area contributed by atoms with Gasteiger partial charge in [0.2, 0.25) is 0 Å². The van der Waals surface area contributed by atoms with Crippen LogP contribution in [0.25, 0.3) is 0 Å². The average Bonchev–Trinajstić information content (AvgIpc) is 2.69. The number of benzene rings is 2. The molecule has 3 rings (SSSR count). The van der Waals surface area contributed by atoms with Gasteiger partial charge in [-0.25, -0.2) is 0 Å². The summed E-state index contributed by atoms with van der Waals surface area (Å²) >= 11 is 8.08. The zero-order chi connectivity index (χ0) is 16.4. The van der Waals surface area contributed by atoms with Crippen LogP contribution < -0.4 is 4.74 Å². The van der Waals surface area contributed by atoms with Crippen molar-refractivity contribution in [1.29, 1.82) is 0 Å². The number of para-hydroxylation sites is 1. The molecule has 0 saturated heterocycles. The van der Waals surface area contributed by atoms with Gasteiger partial charge in [0.05, 0.1) is 4.32 Å². The monoisotopic (exact) mass is 437 g/mol. The lowest BCUT2D eigenvalue weighted by Gasteiger charge is -2.34. The van der Waals surface area contributed by atoms with Crippen LogP contribution in [0.3, 0.4) is 0 Å². The summed E-state index contributed by atoms with van der Waals surface area (Å²) in [6, 6.07) is 16.9. The van der Waals surface area contributed by atoms with Gasteiger partial charge in [-0.05, 0) is 44.3 Å². The van der Waals surface area contributed by atoms with E-state index in [0.717, 1.165) is 18.7 Å². The van der Waals surface area contributed by atoms with E-state index in [9.17, 15) is 0 Å². The van der Waals surface area contributed by atoms with Crippen LogP contribution in [0.5, 0.6) is 5.75 Å². The molecule has 0 spiro atoms. The topological polar surface area (TPSA) is 12.5 Å². The van der Waals surface area contributed by atoms with Crippen molar-refractivity contribution in [2.45, 2.75) is 22.2 Å². The van der Waals surface area contributed by atoms with Gasteiger partial charge in [-0.3, -0.25) is 0 Å². The third-order valence-electron chi connectivity index (χ3n) is 4.33. The van der Waals surface area contributed by atoms with Gasteiger partial charge in [-0.1, -0.05) is 74.3 Å². The Morgan fingerprint density at radius 1 is 1.09 bits per heavy atom. The molecule has 2 aromatic carbocycles. The Hall–Kier alpha value is -0.840. The van der Waals surface area contributed by atoms with Crippen molar-refractivity contribution in [2.24, 2.45) is 0 Å². The maximum absolute atomic E-state index is 6.08. The van der Waals surface area contributed by atoms with Crippen molar-refractivity contribution in [3.05, 3.63) is 65.2 Å².